The summed E-state index contributed by atoms with van der Waals surface area (Å²) in [4.78, 5) is 20.2. The quantitative estimate of drug-likeness (QED) is 0.642. The van der Waals surface area contributed by atoms with Gasteiger partial charge in [-0.25, -0.2) is 0 Å². The molecular weight excluding hydrogens is 304 g/mol. The summed E-state index contributed by atoms with van der Waals surface area (Å²) in [6, 6.07) is 0. The molecule has 0 saturated heterocycles. The van der Waals surface area contributed by atoms with Crippen molar-refractivity contribution in [2.75, 3.05) is 0 Å². The van der Waals surface area contributed by atoms with Crippen LogP contribution in [0.3, 0.4) is 0 Å². The fourth-order valence-electron chi connectivity index (χ4n) is 4.31. The van der Waals surface area contributed by atoms with Gasteiger partial charge in [0.05, 0.1) is 0 Å². The summed E-state index contributed by atoms with van der Waals surface area (Å²) in [7, 11) is 0. The first-order chi connectivity index (χ1) is 11.5. The predicted molar refractivity (Wildman–Crippen MR) is 96.1 cm³/mol. The van der Waals surface area contributed by atoms with Crippen LogP contribution < -0.4 is 0 Å². The van der Waals surface area contributed by atoms with Crippen molar-refractivity contribution in [3.63, 3.8) is 0 Å². The van der Waals surface area contributed by atoms with E-state index in [1.807, 2.05) is 0 Å². The first kappa shape index (κ1) is 21.0. The van der Waals surface area contributed by atoms with E-state index in [1.54, 1.807) is 6.92 Å². The van der Waals surface area contributed by atoms with Crippen molar-refractivity contribution in [3.8, 4) is 0 Å². The Bertz CT molecular complexity index is 355. The number of aliphatic carboxylic acids is 2. The maximum absolute atomic E-state index is 10.9. The van der Waals surface area contributed by atoms with Crippen molar-refractivity contribution in [1.82, 2.24) is 0 Å². The minimum Gasteiger partial charge on any atom is -0.481 e. The average Bonchev–Trinajstić information content (AvgIpc) is 2.60. The van der Waals surface area contributed by atoms with E-state index < -0.39 is 11.9 Å². The van der Waals surface area contributed by atoms with Crippen LogP contribution in [0, 0.1) is 17.8 Å². The highest BCUT2D eigenvalue weighted by Crippen LogP contribution is 2.39. The van der Waals surface area contributed by atoms with E-state index in [0.29, 0.717) is 12.3 Å². The van der Waals surface area contributed by atoms with E-state index in [2.05, 4.69) is 0 Å². The van der Waals surface area contributed by atoms with Crippen molar-refractivity contribution in [2.45, 2.75) is 96.8 Å². The zero-order valence-corrected chi connectivity index (χ0v) is 15.3. The standard InChI is InChI=1S/C17H30O2.C3H6O2/c18-17(19)12-11-16(15-9-5-2-6-10-15)13-14-7-3-1-4-8-14;1-2-3(4)5/h14-16H,1-13H2,(H,18,19);2H2,1H3,(H,4,5). The Morgan fingerprint density at radius 2 is 1.38 bits per heavy atom. The molecule has 24 heavy (non-hydrogen) atoms. The SMILES string of the molecule is CCC(=O)O.O=C(O)CCC(CC1CCCCC1)C1CCCCC1. The average molecular weight is 341 g/mol. The Morgan fingerprint density at radius 3 is 1.83 bits per heavy atom. The second kappa shape index (κ2) is 12.3. The van der Waals surface area contributed by atoms with Crippen molar-refractivity contribution >= 4 is 11.9 Å². The normalized spacial score (nSPS) is 20.7. The van der Waals surface area contributed by atoms with Gasteiger partial charge in [-0.05, 0) is 30.6 Å². The maximum atomic E-state index is 10.9. The lowest BCUT2D eigenvalue weighted by Crippen LogP contribution is -2.22. The fraction of sp³-hybridized carbons (Fsp3) is 0.900. The number of carbonyl (C=O) groups is 2. The summed E-state index contributed by atoms with van der Waals surface area (Å²) >= 11 is 0. The second-order valence-corrected chi connectivity index (χ2v) is 7.58. The molecule has 1 atom stereocenters. The Hall–Kier alpha value is -1.06. The molecule has 1 unspecified atom stereocenters. The molecular formula is C20H36O4. The van der Waals surface area contributed by atoms with Gasteiger partial charge in [-0.15, -0.1) is 0 Å². The van der Waals surface area contributed by atoms with Gasteiger partial charge in [0.1, 0.15) is 0 Å². The second-order valence-electron chi connectivity index (χ2n) is 7.58. The largest absolute Gasteiger partial charge is 0.481 e. The van der Waals surface area contributed by atoms with Gasteiger partial charge in [0.2, 0.25) is 0 Å². The molecule has 0 aromatic rings. The van der Waals surface area contributed by atoms with Crippen LogP contribution in [0.2, 0.25) is 0 Å². The topological polar surface area (TPSA) is 74.6 Å². The number of carboxylic acid groups (broad SMARTS) is 2. The van der Waals surface area contributed by atoms with Crippen LogP contribution in [0.25, 0.3) is 0 Å². The van der Waals surface area contributed by atoms with Gasteiger partial charge in [-0.3, -0.25) is 9.59 Å². The molecule has 4 nitrogen and oxygen atoms in total. The molecule has 0 spiro atoms. The molecule has 2 saturated carbocycles. The van der Waals surface area contributed by atoms with Crippen LogP contribution in [-0.2, 0) is 9.59 Å². The van der Waals surface area contributed by atoms with E-state index in [1.165, 1.54) is 70.6 Å². The van der Waals surface area contributed by atoms with Gasteiger partial charge in [0.15, 0.2) is 0 Å². The molecule has 0 heterocycles. The van der Waals surface area contributed by atoms with Gasteiger partial charge in [0, 0.05) is 12.8 Å². The molecule has 0 radical (unpaired) electrons. The third kappa shape index (κ3) is 9.29. The highest BCUT2D eigenvalue weighted by Gasteiger charge is 2.27. The summed E-state index contributed by atoms with van der Waals surface area (Å²) < 4.78 is 0. The van der Waals surface area contributed by atoms with Crippen LogP contribution in [-0.4, -0.2) is 22.2 Å². The van der Waals surface area contributed by atoms with Crippen LogP contribution in [0.5, 0.6) is 0 Å². The smallest absolute Gasteiger partial charge is 0.303 e. The monoisotopic (exact) mass is 340 g/mol. The lowest BCUT2D eigenvalue weighted by atomic mass is 9.72. The van der Waals surface area contributed by atoms with Crippen LogP contribution in [0.1, 0.15) is 96.8 Å². The third-order valence-electron chi connectivity index (χ3n) is 5.71. The molecule has 0 aromatic carbocycles. The summed E-state index contributed by atoms with van der Waals surface area (Å²) in [5.41, 5.74) is 0. The number of rotatable bonds is 7. The molecule has 0 amide bonds. The molecule has 0 aliphatic heterocycles. The molecule has 2 N–H and O–H groups in total. The molecule has 4 heteroatoms. The lowest BCUT2D eigenvalue weighted by molar-refractivity contribution is -0.138. The highest BCUT2D eigenvalue weighted by molar-refractivity contribution is 5.66. The molecule has 0 bridgehead atoms. The Kier molecular flexibility index (Phi) is 10.8. The van der Waals surface area contributed by atoms with Gasteiger partial charge in [-0.2, -0.15) is 0 Å². The number of carboxylic acids is 2. The molecule has 2 aliphatic rings. The van der Waals surface area contributed by atoms with E-state index >= 15 is 0 Å². The summed E-state index contributed by atoms with van der Waals surface area (Å²) in [6.07, 6.45) is 16.7. The first-order valence-electron chi connectivity index (χ1n) is 9.96. The van der Waals surface area contributed by atoms with Crippen molar-refractivity contribution in [1.29, 1.82) is 0 Å². The van der Waals surface area contributed by atoms with E-state index in [4.69, 9.17) is 10.2 Å². The third-order valence-corrected chi connectivity index (χ3v) is 5.71. The van der Waals surface area contributed by atoms with E-state index in [0.717, 1.165) is 18.3 Å². The Morgan fingerprint density at radius 1 is 0.875 bits per heavy atom. The van der Waals surface area contributed by atoms with Crippen LogP contribution in [0.15, 0.2) is 0 Å². The Labute approximate surface area is 147 Å². The number of hydrogen-bond acceptors (Lipinski definition) is 2. The van der Waals surface area contributed by atoms with E-state index in [9.17, 15) is 9.59 Å². The Balaban J connectivity index is 0.000000505. The van der Waals surface area contributed by atoms with Gasteiger partial charge in [-0.1, -0.05) is 71.1 Å². The number of hydrogen-bond donors (Lipinski definition) is 2. The highest BCUT2D eigenvalue weighted by atomic mass is 16.4. The summed E-state index contributed by atoms with van der Waals surface area (Å²) in [6.45, 7) is 1.60. The molecule has 140 valence electrons. The van der Waals surface area contributed by atoms with Crippen molar-refractivity contribution in [2.24, 2.45) is 17.8 Å². The van der Waals surface area contributed by atoms with Gasteiger partial charge in [0.25, 0.3) is 0 Å². The molecule has 2 rings (SSSR count). The van der Waals surface area contributed by atoms with Crippen LogP contribution >= 0.6 is 0 Å². The first-order valence-corrected chi connectivity index (χ1v) is 9.96. The van der Waals surface area contributed by atoms with Crippen LogP contribution in [0.4, 0.5) is 0 Å². The predicted octanol–water partition coefficient (Wildman–Crippen LogP) is 5.50. The van der Waals surface area contributed by atoms with Crippen molar-refractivity contribution in [3.05, 3.63) is 0 Å². The minimum atomic E-state index is -0.745. The zero-order valence-electron chi connectivity index (χ0n) is 15.3. The molecule has 0 aromatic heterocycles. The fourth-order valence-corrected chi connectivity index (χ4v) is 4.31. The molecule has 2 fully saturated rings. The zero-order chi connectivity index (χ0) is 17.8. The maximum Gasteiger partial charge on any atom is 0.303 e. The van der Waals surface area contributed by atoms with Crippen molar-refractivity contribution < 1.29 is 19.8 Å². The summed E-state index contributed by atoms with van der Waals surface area (Å²) in [5.74, 6) is 1.07. The van der Waals surface area contributed by atoms with E-state index in [-0.39, 0.29) is 6.42 Å². The minimum absolute atomic E-state index is 0.222. The lowest BCUT2D eigenvalue weighted by Gasteiger charge is -2.34. The van der Waals surface area contributed by atoms with Gasteiger partial charge < -0.3 is 10.2 Å². The molecule has 2 aliphatic carbocycles. The van der Waals surface area contributed by atoms with Gasteiger partial charge >= 0.3 is 11.9 Å². The summed E-state index contributed by atoms with van der Waals surface area (Å²) in [5, 5.41) is 16.7.